The molecule has 0 saturated carbocycles. The van der Waals surface area contributed by atoms with Gasteiger partial charge in [-0.15, -0.1) is 0 Å². The van der Waals surface area contributed by atoms with Crippen molar-refractivity contribution in [1.82, 2.24) is 20.4 Å². The predicted octanol–water partition coefficient (Wildman–Crippen LogP) is 5.73. The molecular weight excluding hydrogens is 497 g/mol. The third kappa shape index (κ3) is 5.85. The Labute approximate surface area is 221 Å². The fourth-order valence-corrected chi connectivity index (χ4v) is 5.56. The molecule has 190 valence electrons. The van der Waals surface area contributed by atoms with Crippen molar-refractivity contribution in [3.63, 3.8) is 0 Å². The van der Waals surface area contributed by atoms with E-state index >= 15 is 0 Å². The van der Waals surface area contributed by atoms with Crippen LogP contribution in [0.3, 0.4) is 0 Å². The first-order valence-corrected chi connectivity index (χ1v) is 13.4. The Balaban J connectivity index is 1.15. The van der Waals surface area contributed by atoms with Crippen molar-refractivity contribution in [2.75, 3.05) is 31.1 Å². The first-order chi connectivity index (χ1) is 17.5. The first kappa shape index (κ1) is 25.1. The fraction of sp³-hybridized carbons (Fsp3) is 0.444. The quantitative estimate of drug-likeness (QED) is 0.422. The molecule has 0 bridgehead atoms. The number of carbonyl (C=O) groups is 1. The molecule has 0 aliphatic carbocycles. The van der Waals surface area contributed by atoms with Crippen LogP contribution in [0, 0.1) is 5.92 Å². The van der Waals surface area contributed by atoms with E-state index < -0.39 is 0 Å². The molecule has 2 aliphatic rings. The summed E-state index contributed by atoms with van der Waals surface area (Å²) in [6.07, 6.45) is 4.34. The number of piperidine rings is 1. The van der Waals surface area contributed by atoms with Gasteiger partial charge in [0.15, 0.2) is 0 Å². The number of likely N-dealkylation sites (tertiary alicyclic amines) is 1. The molecule has 5 rings (SSSR count). The number of hydrogen-bond acceptors (Lipinski definition) is 6. The maximum Gasteiger partial charge on any atom is 0.241 e. The smallest absolute Gasteiger partial charge is 0.241 e. The zero-order valence-corrected chi connectivity index (χ0v) is 21.9. The van der Waals surface area contributed by atoms with Crippen molar-refractivity contribution in [3.8, 4) is 11.4 Å². The minimum atomic E-state index is -0.0711. The molecule has 2 atom stereocenters. The second kappa shape index (κ2) is 11.2. The van der Waals surface area contributed by atoms with Crippen LogP contribution in [-0.2, 0) is 11.3 Å². The van der Waals surface area contributed by atoms with Crippen molar-refractivity contribution in [2.24, 2.45) is 5.92 Å². The number of halogens is 2. The van der Waals surface area contributed by atoms with Gasteiger partial charge < -0.3 is 14.7 Å². The molecule has 2 aliphatic heterocycles. The number of carbonyl (C=O) groups excluding carboxylic acids is 1. The van der Waals surface area contributed by atoms with Crippen LogP contribution in [0.1, 0.15) is 50.1 Å². The van der Waals surface area contributed by atoms with Crippen molar-refractivity contribution < 1.29 is 9.32 Å². The summed E-state index contributed by atoms with van der Waals surface area (Å²) >= 11 is 12.3. The third-order valence-corrected chi connectivity index (χ3v) is 7.65. The van der Waals surface area contributed by atoms with Gasteiger partial charge in [-0.1, -0.05) is 40.5 Å². The lowest BCUT2D eigenvalue weighted by Crippen LogP contribution is -2.43. The largest absolute Gasteiger partial charge is 0.372 e. The second-order valence-electron chi connectivity index (χ2n) is 9.73. The molecule has 7 nitrogen and oxygen atoms in total. The Bertz CT molecular complexity index is 1190. The van der Waals surface area contributed by atoms with Crippen LogP contribution < -0.4 is 10.2 Å². The Morgan fingerprint density at radius 3 is 2.64 bits per heavy atom. The van der Waals surface area contributed by atoms with Crippen molar-refractivity contribution in [3.05, 3.63) is 64.0 Å². The second-order valence-corrected chi connectivity index (χ2v) is 10.6. The van der Waals surface area contributed by atoms with Crippen LogP contribution in [0.4, 0.5) is 5.69 Å². The Hall–Kier alpha value is -2.61. The monoisotopic (exact) mass is 527 g/mol. The van der Waals surface area contributed by atoms with Crippen LogP contribution >= 0.6 is 23.2 Å². The maximum absolute atomic E-state index is 13.1. The van der Waals surface area contributed by atoms with Crippen LogP contribution in [0.15, 0.2) is 47.0 Å². The van der Waals surface area contributed by atoms with Gasteiger partial charge in [0.05, 0.1) is 23.5 Å². The summed E-state index contributed by atoms with van der Waals surface area (Å²) in [4.78, 5) is 22.2. The molecule has 2 saturated heterocycles. The van der Waals surface area contributed by atoms with Gasteiger partial charge >= 0.3 is 0 Å². The SMILES string of the molecule is CC(NC(=O)C1CCCN(Cc2nc(-c3ccc(Cl)cc3Cl)no2)C1)c1ccc(N2CCCC2)cc1. The summed E-state index contributed by atoms with van der Waals surface area (Å²) in [5, 5.41) is 8.33. The lowest BCUT2D eigenvalue weighted by Gasteiger charge is -2.31. The zero-order chi connectivity index (χ0) is 25.1. The number of benzene rings is 2. The number of hydrogen-bond donors (Lipinski definition) is 1. The standard InChI is InChI=1S/C27H31Cl2N5O2/c1-18(19-6-9-22(10-7-19)34-13-2-3-14-34)30-27(35)20-5-4-12-33(16-20)17-25-31-26(32-36-25)23-11-8-21(28)15-24(23)29/h6-11,15,18,20H,2-5,12-14,16-17H2,1H3,(H,30,35). The topological polar surface area (TPSA) is 74.5 Å². The molecule has 2 fully saturated rings. The molecule has 36 heavy (non-hydrogen) atoms. The van der Waals surface area contributed by atoms with Crippen molar-refractivity contribution >= 4 is 34.8 Å². The lowest BCUT2D eigenvalue weighted by molar-refractivity contribution is -0.127. The van der Waals surface area contributed by atoms with E-state index in [1.54, 1.807) is 18.2 Å². The van der Waals surface area contributed by atoms with E-state index in [-0.39, 0.29) is 17.9 Å². The average Bonchev–Trinajstić information content (AvgIpc) is 3.57. The minimum absolute atomic E-state index is 0.0388. The van der Waals surface area contributed by atoms with Gasteiger partial charge in [-0.2, -0.15) is 4.98 Å². The molecule has 1 N–H and O–H groups in total. The third-order valence-electron chi connectivity index (χ3n) is 7.10. The highest BCUT2D eigenvalue weighted by molar-refractivity contribution is 6.36. The van der Waals surface area contributed by atoms with Gasteiger partial charge in [-0.3, -0.25) is 9.69 Å². The molecule has 0 spiro atoms. The van der Waals surface area contributed by atoms with E-state index in [4.69, 9.17) is 27.7 Å². The van der Waals surface area contributed by atoms with Crippen LogP contribution in [-0.4, -0.2) is 47.1 Å². The van der Waals surface area contributed by atoms with Crippen molar-refractivity contribution in [2.45, 2.75) is 45.2 Å². The first-order valence-electron chi connectivity index (χ1n) is 12.6. The van der Waals surface area contributed by atoms with Crippen LogP contribution in [0.5, 0.6) is 0 Å². The number of anilines is 1. The summed E-state index contributed by atoms with van der Waals surface area (Å²) in [6, 6.07) is 13.7. The summed E-state index contributed by atoms with van der Waals surface area (Å²) in [5.41, 5.74) is 3.06. The number of amides is 1. The van der Waals surface area contributed by atoms with Gasteiger partial charge in [0, 0.05) is 35.9 Å². The van der Waals surface area contributed by atoms with E-state index in [1.165, 1.54) is 18.5 Å². The van der Waals surface area contributed by atoms with E-state index in [2.05, 4.69) is 49.5 Å². The highest BCUT2D eigenvalue weighted by atomic mass is 35.5. The number of aromatic nitrogens is 2. The van der Waals surface area contributed by atoms with E-state index in [0.29, 0.717) is 40.4 Å². The maximum atomic E-state index is 13.1. The molecule has 3 aromatic rings. The Morgan fingerprint density at radius 2 is 1.89 bits per heavy atom. The van der Waals surface area contributed by atoms with E-state index in [1.807, 2.05) is 6.92 Å². The normalized spacial score (nSPS) is 19.4. The average molecular weight is 528 g/mol. The molecule has 9 heteroatoms. The van der Waals surface area contributed by atoms with Gasteiger partial charge in [0.1, 0.15) is 0 Å². The highest BCUT2D eigenvalue weighted by Crippen LogP contribution is 2.29. The number of nitrogens with one attached hydrogen (secondary N) is 1. The molecular formula is C27H31Cl2N5O2. The predicted molar refractivity (Wildman–Crippen MR) is 142 cm³/mol. The summed E-state index contributed by atoms with van der Waals surface area (Å²) in [5.74, 6) is 0.958. The fourth-order valence-electron chi connectivity index (χ4n) is 5.07. The van der Waals surface area contributed by atoms with Gasteiger partial charge in [0.25, 0.3) is 0 Å². The molecule has 2 aromatic carbocycles. The van der Waals surface area contributed by atoms with Crippen LogP contribution in [0.2, 0.25) is 10.0 Å². The summed E-state index contributed by atoms with van der Waals surface area (Å²) < 4.78 is 5.47. The molecule has 1 aromatic heterocycles. The Kier molecular flexibility index (Phi) is 7.79. The van der Waals surface area contributed by atoms with Gasteiger partial charge in [-0.05, 0) is 75.0 Å². The molecule has 0 radical (unpaired) electrons. The number of rotatable bonds is 7. The van der Waals surface area contributed by atoms with E-state index in [9.17, 15) is 4.79 Å². The molecule has 1 amide bonds. The van der Waals surface area contributed by atoms with Gasteiger partial charge in [0.2, 0.25) is 17.6 Å². The number of nitrogens with zero attached hydrogens (tertiary/aromatic N) is 4. The minimum Gasteiger partial charge on any atom is -0.372 e. The van der Waals surface area contributed by atoms with E-state index in [0.717, 1.165) is 38.0 Å². The summed E-state index contributed by atoms with van der Waals surface area (Å²) in [6.45, 7) is 6.34. The Morgan fingerprint density at radius 1 is 1.11 bits per heavy atom. The highest BCUT2D eigenvalue weighted by Gasteiger charge is 2.28. The van der Waals surface area contributed by atoms with Crippen molar-refractivity contribution in [1.29, 1.82) is 0 Å². The van der Waals surface area contributed by atoms with Gasteiger partial charge in [-0.25, -0.2) is 0 Å². The van der Waals surface area contributed by atoms with Crippen LogP contribution in [0.25, 0.3) is 11.4 Å². The summed E-state index contributed by atoms with van der Waals surface area (Å²) in [7, 11) is 0. The zero-order valence-electron chi connectivity index (χ0n) is 20.4. The lowest BCUT2D eigenvalue weighted by atomic mass is 9.96. The molecule has 3 heterocycles. The molecule has 2 unspecified atom stereocenters.